The molecule has 0 atom stereocenters. The van der Waals surface area contributed by atoms with Gasteiger partial charge in [-0.25, -0.2) is 10.1 Å². The molecule has 0 aliphatic heterocycles. The normalized spacial score (nSPS) is 11.2. The highest BCUT2D eigenvalue weighted by Gasteiger charge is 2.15. The molecule has 5 rings (SSSR count). The number of hydrogen-bond donors (Lipinski definition) is 2. The van der Waals surface area contributed by atoms with Gasteiger partial charge in [0.05, 0.1) is 18.4 Å². The van der Waals surface area contributed by atoms with Gasteiger partial charge in [0.1, 0.15) is 11.3 Å². The van der Waals surface area contributed by atoms with Crippen LogP contribution in [0.5, 0.6) is 0 Å². The van der Waals surface area contributed by atoms with E-state index in [-0.39, 0.29) is 12.5 Å². The largest absolute Gasteiger partial charge is 0.454 e. The maximum Gasteiger partial charge on any atom is 0.259 e. The van der Waals surface area contributed by atoms with Crippen molar-refractivity contribution in [3.05, 3.63) is 103 Å². The Morgan fingerprint density at radius 2 is 1.70 bits per heavy atom. The first-order valence-electron chi connectivity index (χ1n) is 10.5. The van der Waals surface area contributed by atoms with Gasteiger partial charge in [-0.05, 0) is 36.4 Å². The van der Waals surface area contributed by atoms with Gasteiger partial charge in [-0.1, -0.05) is 54.6 Å². The summed E-state index contributed by atoms with van der Waals surface area (Å²) >= 11 is 0. The van der Waals surface area contributed by atoms with Crippen LogP contribution in [0.25, 0.3) is 28.1 Å². The summed E-state index contributed by atoms with van der Waals surface area (Å²) in [6.07, 6.45) is 3.44. The summed E-state index contributed by atoms with van der Waals surface area (Å²) in [7, 11) is 0. The number of amides is 1. The summed E-state index contributed by atoms with van der Waals surface area (Å²) in [6.45, 7) is 0.112. The Labute approximate surface area is 190 Å². The number of hydrogen-bond acceptors (Lipinski definition) is 5. The predicted octanol–water partition coefficient (Wildman–Crippen LogP) is 4.85. The smallest absolute Gasteiger partial charge is 0.259 e. The minimum Gasteiger partial charge on any atom is -0.454 e. The standard InChI is InChI=1S/C26H21N5O2/c32-25(17-27-21-10-3-1-4-11-21)29-28-16-20-18-31(22-12-5-2-6-13-22)30-26(20)24-15-19-9-7-8-14-23(19)33-24/h1-16,18,27H,17H2,(H,29,32)/b28-16-. The van der Waals surface area contributed by atoms with E-state index in [1.165, 1.54) is 0 Å². The number of carbonyl (C=O) groups is 1. The molecule has 0 radical (unpaired) electrons. The van der Waals surface area contributed by atoms with Gasteiger partial charge in [0.25, 0.3) is 5.91 Å². The molecule has 5 aromatic rings. The summed E-state index contributed by atoms with van der Waals surface area (Å²) < 4.78 is 7.79. The summed E-state index contributed by atoms with van der Waals surface area (Å²) in [4.78, 5) is 12.2. The van der Waals surface area contributed by atoms with Crippen LogP contribution in [0.4, 0.5) is 5.69 Å². The van der Waals surface area contributed by atoms with Crippen molar-refractivity contribution in [3.63, 3.8) is 0 Å². The SMILES string of the molecule is O=C(CNc1ccccc1)N/N=C\c1cn(-c2ccccc2)nc1-c1cc2ccccc2o1. The molecule has 7 heteroatoms. The molecule has 0 saturated carbocycles. The first-order chi connectivity index (χ1) is 16.3. The number of nitrogens with zero attached hydrogens (tertiary/aromatic N) is 3. The van der Waals surface area contributed by atoms with Crippen LogP contribution in [0.2, 0.25) is 0 Å². The van der Waals surface area contributed by atoms with Crippen LogP contribution in [-0.4, -0.2) is 28.4 Å². The van der Waals surface area contributed by atoms with Gasteiger partial charge >= 0.3 is 0 Å². The second-order valence-electron chi connectivity index (χ2n) is 7.37. The highest BCUT2D eigenvalue weighted by atomic mass is 16.3. The van der Waals surface area contributed by atoms with Gasteiger partial charge in [0, 0.05) is 22.8 Å². The van der Waals surface area contributed by atoms with Gasteiger partial charge in [-0.2, -0.15) is 10.2 Å². The first-order valence-corrected chi connectivity index (χ1v) is 10.5. The van der Waals surface area contributed by atoms with Crippen molar-refractivity contribution in [1.82, 2.24) is 15.2 Å². The van der Waals surface area contributed by atoms with Crippen molar-refractivity contribution in [3.8, 4) is 17.1 Å². The Balaban J connectivity index is 1.38. The van der Waals surface area contributed by atoms with E-state index in [1.807, 2.05) is 97.2 Å². The third-order valence-electron chi connectivity index (χ3n) is 5.04. The molecule has 2 aromatic heterocycles. The van der Waals surface area contributed by atoms with Crippen LogP contribution in [0.1, 0.15) is 5.56 Å². The number of rotatable bonds is 7. The van der Waals surface area contributed by atoms with Crippen LogP contribution < -0.4 is 10.7 Å². The Kier molecular flexibility index (Phi) is 5.67. The van der Waals surface area contributed by atoms with Crippen LogP contribution in [0, 0.1) is 0 Å². The third-order valence-corrected chi connectivity index (χ3v) is 5.04. The summed E-state index contributed by atoms with van der Waals surface area (Å²) in [6, 6.07) is 29.1. The Morgan fingerprint density at radius 3 is 2.48 bits per heavy atom. The molecule has 0 spiro atoms. The average Bonchev–Trinajstić information content (AvgIpc) is 3.48. The quantitative estimate of drug-likeness (QED) is 0.283. The lowest BCUT2D eigenvalue weighted by atomic mass is 10.2. The molecule has 0 fully saturated rings. The molecule has 7 nitrogen and oxygen atoms in total. The lowest BCUT2D eigenvalue weighted by Gasteiger charge is -2.04. The zero-order valence-corrected chi connectivity index (χ0v) is 17.7. The van der Waals surface area contributed by atoms with Gasteiger partial charge in [-0.3, -0.25) is 4.79 Å². The Morgan fingerprint density at radius 1 is 0.970 bits per heavy atom. The lowest BCUT2D eigenvalue weighted by molar-refractivity contribution is -0.119. The molecule has 2 heterocycles. The van der Waals surface area contributed by atoms with E-state index < -0.39 is 0 Å². The molecular formula is C26H21N5O2. The molecule has 162 valence electrons. The molecule has 2 N–H and O–H groups in total. The molecular weight excluding hydrogens is 414 g/mol. The minimum atomic E-state index is -0.254. The number of carbonyl (C=O) groups excluding carboxylic acids is 1. The van der Waals surface area contributed by atoms with Crippen molar-refractivity contribution in [2.24, 2.45) is 5.10 Å². The molecule has 0 bridgehead atoms. The van der Waals surface area contributed by atoms with Gasteiger partial charge in [0.15, 0.2) is 5.76 Å². The maximum atomic E-state index is 12.2. The van der Waals surface area contributed by atoms with E-state index in [2.05, 4.69) is 15.8 Å². The van der Waals surface area contributed by atoms with Crippen molar-refractivity contribution in [2.75, 3.05) is 11.9 Å². The molecule has 0 unspecified atom stereocenters. The van der Waals surface area contributed by atoms with Gasteiger partial charge in [0.2, 0.25) is 0 Å². The Hall–Kier alpha value is -4.65. The molecule has 1 amide bonds. The van der Waals surface area contributed by atoms with Crippen molar-refractivity contribution in [1.29, 1.82) is 0 Å². The van der Waals surface area contributed by atoms with Gasteiger partial charge in [-0.15, -0.1) is 0 Å². The maximum absolute atomic E-state index is 12.2. The van der Waals surface area contributed by atoms with Gasteiger partial charge < -0.3 is 9.73 Å². The number of nitrogens with one attached hydrogen (secondary N) is 2. The van der Waals surface area contributed by atoms with E-state index >= 15 is 0 Å². The Bertz CT molecular complexity index is 1370. The fourth-order valence-corrected chi connectivity index (χ4v) is 3.44. The number of aromatic nitrogens is 2. The third kappa shape index (κ3) is 4.67. The second-order valence-corrected chi connectivity index (χ2v) is 7.37. The second kappa shape index (κ2) is 9.23. The van der Waals surface area contributed by atoms with E-state index in [0.29, 0.717) is 17.0 Å². The topological polar surface area (TPSA) is 84.5 Å². The van der Waals surface area contributed by atoms with Crippen LogP contribution >= 0.6 is 0 Å². The fraction of sp³-hybridized carbons (Fsp3) is 0.0385. The summed E-state index contributed by atoms with van der Waals surface area (Å²) in [5.41, 5.74) is 6.47. The monoisotopic (exact) mass is 435 g/mol. The molecule has 0 aliphatic carbocycles. The molecule has 0 aliphatic rings. The number of benzene rings is 3. The summed E-state index contributed by atoms with van der Waals surface area (Å²) in [5.74, 6) is 0.375. The fourth-order valence-electron chi connectivity index (χ4n) is 3.44. The van der Waals surface area contributed by atoms with Crippen molar-refractivity contribution >= 4 is 28.8 Å². The van der Waals surface area contributed by atoms with Crippen LogP contribution in [0.15, 0.2) is 107 Å². The zero-order valence-electron chi connectivity index (χ0n) is 17.7. The number of para-hydroxylation sites is 3. The average molecular weight is 435 g/mol. The highest BCUT2D eigenvalue weighted by molar-refractivity contribution is 5.91. The minimum absolute atomic E-state index is 0.112. The zero-order chi connectivity index (χ0) is 22.5. The van der Waals surface area contributed by atoms with Crippen LogP contribution in [-0.2, 0) is 4.79 Å². The van der Waals surface area contributed by atoms with Crippen molar-refractivity contribution < 1.29 is 9.21 Å². The predicted molar refractivity (Wildman–Crippen MR) is 129 cm³/mol. The molecule has 33 heavy (non-hydrogen) atoms. The molecule has 0 saturated heterocycles. The summed E-state index contributed by atoms with van der Waals surface area (Å²) in [5, 5.41) is 12.9. The van der Waals surface area contributed by atoms with E-state index in [9.17, 15) is 4.79 Å². The number of fused-ring (bicyclic) bond motifs is 1. The number of hydrazone groups is 1. The lowest BCUT2D eigenvalue weighted by Crippen LogP contribution is -2.25. The van der Waals surface area contributed by atoms with Crippen molar-refractivity contribution in [2.45, 2.75) is 0 Å². The highest BCUT2D eigenvalue weighted by Crippen LogP contribution is 2.29. The number of anilines is 1. The number of furan rings is 1. The first kappa shape index (κ1) is 20.3. The molecule has 3 aromatic carbocycles. The van der Waals surface area contributed by atoms with E-state index in [0.717, 1.165) is 22.3 Å². The van der Waals surface area contributed by atoms with E-state index in [1.54, 1.807) is 10.9 Å². The van der Waals surface area contributed by atoms with Crippen LogP contribution in [0.3, 0.4) is 0 Å². The van der Waals surface area contributed by atoms with E-state index in [4.69, 9.17) is 9.52 Å².